The number of rotatable bonds is 7. The van der Waals surface area contributed by atoms with Gasteiger partial charge in [0.05, 0.1) is 13.0 Å². The van der Waals surface area contributed by atoms with Crippen LogP contribution in [-0.4, -0.2) is 23.5 Å². The number of benzene rings is 2. The first kappa shape index (κ1) is 20.4. The molecule has 0 aliphatic rings. The maximum atomic E-state index is 12.4. The molecule has 2 aromatic rings. The first-order chi connectivity index (χ1) is 11.0. The Morgan fingerprint density at radius 2 is 1.79 bits per heavy atom. The van der Waals surface area contributed by atoms with Crippen LogP contribution in [0.2, 0.25) is 0 Å². The van der Waals surface area contributed by atoms with Gasteiger partial charge < -0.3 is 22.8 Å². The normalized spacial score (nSPS) is 13.0. The Kier molecular flexibility index (Phi) is 8.13. The summed E-state index contributed by atoms with van der Waals surface area (Å²) in [6.07, 6.45) is -0.0390. The van der Waals surface area contributed by atoms with Crippen molar-refractivity contribution in [3.8, 4) is 0 Å². The lowest BCUT2D eigenvalue weighted by Crippen LogP contribution is -3.00. The molecule has 0 aromatic heterocycles. The molecule has 0 aliphatic carbocycles. The number of Topliss-reactive ketones (excluding diaryl/α,β-unsaturated/α-hetero) is 1. The second-order valence-electron chi connectivity index (χ2n) is 6.23. The Bertz CT molecular complexity index is 658. The van der Waals surface area contributed by atoms with Gasteiger partial charge >= 0.3 is 0 Å². The molecular weight excluding hydrogens is 322 g/mol. The van der Waals surface area contributed by atoms with Gasteiger partial charge in [-0.05, 0) is 38.0 Å². The van der Waals surface area contributed by atoms with Crippen molar-refractivity contribution >= 4 is 5.78 Å². The zero-order valence-corrected chi connectivity index (χ0v) is 15.3. The molecule has 0 radical (unpaired) electrons. The van der Waals surface area contributed by atoms with Crippen LogP contribution in [-0.2, 0) is 0 Å². The Balaban J connectivity index is 0.00000288. The summed E-state index contributed by atoms with van der Waals surface area (Å²) in [6, 6.07) is 15.6. The summed E-state index contributed by atoms with van der Waals surface area (Å²) in [5, 5.41) is 12.4. The number of aryl methyl sites for hydroxylation is 2. The van der Waals surface area contributed by atoms with E-state index < -0.39 is 6.10 Å². The van der Waals surface area contributed by atoms with Crippen LogP contribution in [0.3, 0.4) is 0 Å². The van der Waals surface area contributed by atoms with Crippen LogP contribution in [0.4, 0.5) is 0 Å². The molecule has 2 unspecified atom stereocenters. The molecule has 2 rings (SSSR count). The first-order valence-corrected chi connectivity index (χ1v) is 8.16. The third-order valence-corrected chi connectivity index (χ3v) is 4.24. The minimum Gasteiger partial charge on any atom is -1.00 e. The molecule has 0 saturated carbocycles. The summed E-state index contributed by atoms with van der Waals surface area (Å²) in [6.45, 7) is 6.64. The molecule has 0 aliphatic heterocycles. The summed E-state index contributed by atoms with van der Waals surface area (Å²) in [5.74, 6) is 0.170. The number of aliphatic hydroxyl groups is 1. The number of nitrogens with two attached hydrogens (primary N) is 1. The van der Waals surface area contributed by atoms with Crippen molar-refractivity contribution in [3.63, 3.8) is 0 Å². The highest BCUT2D eigenvalue weighted by Gasteiger charge is 2.19. The highest BCUT2D eigenvalue weighted by molar-refractivity contribution is 5.97. The third kappa shape index (κ3) is 5.45. The van der Waals surface area contributed by atoms with E-state index in [1.54, 1.807) is 0 Å². The molecule has 130 valence electrons. The second-order valence-corrected chi connectivity index (χ2v) is 6.23. The lowest BCUT2D eigenvalue weighted by atomic mass is 10.00. The first-order valence-electron chi connectivity index (χ1n) is 8.16. The van der Waals surface area contributed by atoms with Crippen LogP contribution >= 0.6 is 0 Å². The van der Waals surface area contributed by atoms with Crippen molar-refractivity contribution < 1.29 is 27.6 Å². The van der Waals surface area contributed by atoms with E-state index in [9.17, 15) is 9.90 Å². The summed E-state index contributed by atoms with van der Waals surface area (Å²) in [7, 11) is 0. The van der Waals surface area contributed by atoms with E-state index in [4.69, 9.17) is 0 Å². The van der Waals surface area contributed by atoms with Crippen LogP contribution in [0, 0.1) is 13.8 Å². The average Bonchev–Trinajstić information content (AvgIpc) is 2.56. The Morgan fingerprint density at radius 1 is 1.12 bits per heavy atom. The van der Waals surface area contributed by atoms with E-state index in [0.717, 1.165) is 22.3 Å². The average molecular weight is 348 g/mol. The van der Waals surface area contributed by atoms with Gasteiger partial charge in [0.25, 0.3) is 0 Å². The highest BCUT2D eigenvalue weighted by Crippen LogP contribution is 2.14. The summed E-state index contributed by atoms with van der Waals surface area (Å²) >= 11 is 0. The fraction of sp³-hybridized carbons (Fsp3) is 0.350. The van der Waals surface area contributed by atoms with Gasteiger partial charge in [0.1, 0.15) is 12.1 Å². The largest absolute Gasteiger partial charge is 1.00 e. The molecule has 0 saturated heterocycles. The molecular formula is C20H26ClNO2. The molecule has 0 fully saturated rings. The SMILES string of the molecule is Cc1ccc(C)c(C(=O)CC[NH2+]C(C)C(O)c2ccccc2)c1.[Cl-]. The van der Waals surface area contributed by atoms with E-state index in [2.05, 4.69) is 0 Å². The van der Waals surface area contributed by atoms with Gasteiger partial charge in [0.2, 0.25) is 0 Å². The number of aliphatic hydroxyl groups excluding tert-OH is 1. The van der Waals surface area contributed by atoms with E-state index in [1.165, 1.54) is 0 Å². The van der Waals surface area contributed by atoms with Crippen LogP contribution in [0.15, 0.2) is 48.5 Å². The summed E-state index contributed by atoms with van der Waals surface area (Å²) in [5.41, 5.74) is 3.86. The quantitative estimate of drug-likeness (QED) is 0.668. The molecule has 2 aromatic carbocycles. The van der Waals surface area contributed by atoms with Gasteiger partial charge in [0.15, 0.2) is 5.78 Å². The Morgan fingerprint density at radius 3 is 2.46 bits per heavy atom. The van der Waals surface area contributed by atoms with Crippen LogP contribution in [0.25, 0.3) is 0 Å². The molecule has 24 heavy (non-hydrogen) atoms. The monoisotopic (exact) mass is 347 g/mol. The highest BCUT2D eigenvalue weighted by atomic mass is 35.5. The summed E-state index contributed by atoms with van der Waals surface area (Å²) in [4.78, 5) is 12.4. The third-order valence-electron chi connectivity index (χ3n) is 4.24. The zero-order chi connectivity index (χ0) is 16.8. The number of ketones is 1. The standard InChI is InChI=1S/C20H25NO2.ClH/c1-14-9-10-15(2)18(13-14)19(22)11-12-21-16(3)20(23)17-7-5-4-6-8-17;/h4-10,13,16,20-21,23H,11-12H2,1-3H3;1H. The molecule has 0 amide bonds. The smallest absolute Gasteiger partial charge is 0.168 e. The molecule has 0 heterocycles. The zero-order valence-electron chi connectivity index (χ0n) is 14.5. The van der Waals surface area contributed by atoms with Gasteiger partial charge in [-0.15, -0.1) is 0 Å². The maximum absolute atomic E-state index is 12.4. The van der Waals surface area contributed by atoms with Crippen molar-refractivity contribution in [1.29, 1.82) is 0 Å². The minimum absolute atomic E-state index is 0. The minimum atomic E-state index is -0.521. The van der Waals surface area contributed by atoms with Crippen LogP contribution in [0.1, 0.15) is 46.5 Å². The molecule has 2 atom stereocenters. The Labute approximate surface area is 150 Å². The summed E-state index contributed by atoms with van der Waals surface area (Å²) < 4.78 is 0. The van der Waals surface area contributed by atoms with Crippen molar-refractivity contribution in [1.82, 2.24) is 0 Å². The van der Waals surface area contributed by atoms with Crippen molar-refractivity contribution in [2.45, 2.75) is 39.3 Å². The van der Waals surface area contributed by atoms with Crippen LogP contribution < -0.4 is 17.7 Å². The number of hydrogen-bond donors (Lipinski definition) is 2. The predicted octanol–water partition coefficient (Wildman–Crippen LogP) is -0.434. The van der Waals surface area contributed by atoms with E-state index >= 15 is 0 Å². The molecule has 0 spiro atoms. The van der Waals surface area contributed by atoms with E-state index in [0.29, 0.717) is 13.0 Å². The topological polar surface area (TPSA) is 53.9 Å². The fourth-order valence-corrected chi connectivity index (χ4v) is 2.73. The number of carbonyl (C=O) groups excluding carboxylic acids is 1. The lowest BCUT2D eigenvalue weighted by molar-refractivity contribution is -0.693. The van der Waals surface area contributed by atoms with Crippen molar-refractivity contribution in [2.75, 3.05) is 6.54 Å². The number of halogens is 1. The van der Waals surface area contributed by atoms with Gasteiger partial charge in [0, 0.05) is 5.56 Å². The molecule has 3 nitrogen and oxygen atoms in total. The number of carbonyl (C=O) groups is 1. The van der Waals surface area contributed by atoms with Gasteiger partial charge in [-0.25, -0.2) is 0 Å². The maximum Gasteiger partial charge on any atom is 0.168 e. The van der Waals surface area contributed by atoms with Crippen LogP contribution in [0.5, 0.6) is 0 Å². The van der Waals surface area contributed by atoms with Gasteiger partial charge in [-0.1, -0.05) is 48.0 Å². The molecule has 0 bridgehead atoms. The predicted molar refractivity (Wildman–Crippen MR) is 92.5 cm³/mol. The molecule has 4 heteroatoms. The van der Waals surface area contributed by atoms with Gasteiger partial charge in [-0.3, -0.25) is 4.79 Å². The second kappa shape index (κ2) is 9.58. The van der Waals surface area contributed by atoms with E-state index in [-0.39, 0.29) is 24.2 Å². The van der Waals surface area contributed by atoms with E-state index in [1.807, 2.05) is 74.6 Å². The van der Waals surface area contributed by atoms with Crippen molar-refractivity contribution in [3.05, 3.63) is 70.8 Å². The number of hydrogen-bond acceptors (Lipinski definition) is 2. The molecule has 3 N–H and O–H groups in total. The fourth-order valence-electron chi connectivity index (χ4n) is 2.73. The van der Waals surface area contributed by atoms with Gasteiger partial charge in [-0.2, -0.15) is 0 Å². The number of quaternary nitrogens is 1. The lowest BCUT2D eigenvalue weighted by Gasteiger charge is -2.17. The van der Waals surface area contributed by atoms with Crippen molar-refractivity contribution in [2.24, 2.45) is 0 Å². The Hall–Kier alpha value is -1.68.